The molecule has 0 saturated carbocycles. The summed E-state index contributed by atoms with van der Waals surface area (Å²) < 4.78 is 0. The van der Waals surface area contributed by atoms with Crippen molar-refractivity contribution in [1.82, 2.24) is 5.23 Å². The second kappa shape index (κ2) is 6.85. The van der Waals surface area contributed by atoms with Crippen LogP contribution in [0, 0.1) is 0 Å². The van der Waals surface area contributed by atoms with Crippen LogP contribution in [0.2, 0.25) is 0 Å². The lowest BCUT2D eigenvalue weighted by atomic mass is 10.5. The summed E-state index contributed by atoms with van der Waals surface area (Å²) in [6.07, 6.45) is 2.61. The minimum Gasteiger partial charge on any atom is -0.329 e. The van der Waals surface area contributed by atoms with E-state index in [1.54, 1.807) is 0 Å². The van der Waals surface area contributed by atoms with E-state index in [-0.39, 0.29) is 0 Å². The number of hydrogen-bond donors (Lipinski definition) is 0. The molecule has 0 unspecified atom stereocenters. The van der Waals surface area contributed by atoms with Crippen molar-refractivity contribution in [2.75, 3.05) is 6.54 Å². The molecule has 0 rings (SSSR count). The van der Waals surface area contributed by atoms with Crippen LogP contribution in [-0.4, -0.2) is 23.7 Å². The lowest BCUT2D eigenvalue weighted by Gasteiger charge is -2.16. The number of carbonyl (C=O) groups is 2. The predicted octanol–water partition coefficient (Wildman–Crippen LogP) is 0.987. The van der Waals surface area contributed by atoms with Gasteiger partial charge < -0.3 is 9.68 Å². The maximum atomic E-state index is 10.8. The van der Waals surface area contributed by atoms with Gasteiger partial charge in [-0.15, -0.1) is 0 Å². The second-order valence-corrected chi connectivity index (χ2v) is 2.29. The van der Waals surface area contributed by atoms with E-state index < -0.39 is 11.9 Å². The van der Waals surface area contributed by atoms with Crippen LogP contribution in [-0.2, 0) is 19.3 Å². The quantitative estimate of drug-likeness (QED) is 0.471. The third kappa shape index (κ3) is 5.10. The highest BCUT2D eigenvalue weighted by Crippen LogP contribution is 1.97. The van der Waals surface area contributed by atoms with Gasteiger partial charge in [0.25, 0.3) is 0 Å². The Morgan fingerprint density at radius 3 is 1.93 bits per heavy atom. The first-order chi connectivity index (χ1) is 6.63. The summed E-state index contributed by atoms with van der Waals surface area (Å²) in [6, 6.07) is 0. The summed E-state index contributed by atoms with van der Waals surface area (Å²) in [5, 5.41) is 0.800. The zero-order chi connectivity index (χ0) is 11.0. The standard InChI is InChI=1S/C9H13NO4/c1-4-7-10(13-8(11)5-2)14-9(12)6-3/h5-6H,2-4,7H2,1H3. The normalized spacial score (nSPS) is 9.29. The molecule has 5 heteroatoms. The van der Waals surface area contributed by atoms with Gasteiger partial charge in [-0.05, 0) is 6.42 Å². The van der Waals surface area contributed by atoms with Gasteiger partial charge in [0.1, 0.15) is 0 Å². The monoisotopic (exact) mass is 199 g/mol. The fourth-order valence-electron chi connectivity index (χ4n) is 0.568. The van der Waals surface area contributed by atoms with Crippen molar-refractivity contribution in [3.63, 3.8) is 0 Å². The molecule has 0 amide bonds. The van der Waals surface area contributed by atoms with Crippen molar-refractivity contribution < 1.29 is 19.3 Å². The van der Waals surface area contributed by atoms with Crippen LogP contribution in [0.1, 0.15) is 13.3 Å². The van der Waals surface area contributed by atoms with Crippen molar-refractivity contribution in [1.29, 1.82) is 0 Å². The molecular weight excluding hydrogens is 186 g/mol. The van der Waals surface area contributed by atoms with E-state index in [1.807, 2.05) is 6.92 Å². The molecule has 0 aromatic heterocycles. The van der Waals surface area contributed by atoms with E-state index in [4.69, 9.17) is 0 Å². The first kappa shape index (κ1) is 12.4. The van der Waals surface area contributed by atoms with Crippen molar-refractivity contribution in [3.05, 3.63) is 25.3 Å². The van der Waals surface area contributed by atoms with Crippen LogP contribution in [0.25, 0.3) is 0 Å². The van der Waals surface area contributed by atoms with Gasteiger partial charge in [0.15, 0.2) is 0 Å². The van der Waals surface area contributed by atoms with E-state index in [9.17, 15) is 9.59 Å². The third-order valence-corrected chi connectivity index (χ3v) is 1.12. The molecule has 0 heterocycles. The number of carbonyl (C=O) groups excluding carboxylic acids is 2. The molecule has 0 aliphatic carbocycles. The molecule has 0 atom stereocenters. The molecule has 0 aromatic rings. The van der Waals surface area contributed by atoms with Gasteiger partial charge in [0, 0.05) is 17.4 Å². The summed E-state index contributed by atoms with van der Waals surface area (Å²) in [4.78, 5) is 30.7. The lowest BCUT2D eigenvalue weighted by molar-refractivity contribution is -0.319. The van der Waals surface area contributed by atoms with Crippen LogP contribution >= 0.6 is 0 Å². The maximum absolute atomic E-state index is 10.8. The Balaban J connectivity index is 4.13. The third-order valence-electron chi connectivity index (χ3n) is 1.12. The molecule has 14 heavy (non-hydrogen) atoms. The van der Waals surface area contributed by atoms with Gasteiger partial charge in [0.2, 0.25) is 0 Å². The largest absolute Gasteiger partial charge is 0.352 e. The van der Waals surface area contributed by atoms with Crippen molar-refractivity contribution >= 4 is 11.9 Å². The van der Waals surface area contributed by atoms with Gasteiger partial charge in [-0.1, -0.05) is 20.1 Å². The Bertz CT molecular complexity index is 215. The minimum atomic E-state index is -0.685. The van der Waals surface area contributed by atoms with E-state index >= 15 is 0 Å². The highest BCUT2D eigenvalue weighted by Gasteiger charge is 2.12. The second-order valence-electron chi connectivity index (χ2n) is 2.29. The highest BCUT2D eigenvalue weighted by molar-refractivity contribution is 5.82. The molecule has 0 aromatic carbocycles. The summed E-state index contributed by atoms with van der Waals surface area (Å²) in [5.74, 6) is -1.37. The molecule has 5 nitrogen and oxygen atoms in total. The number of hydrogen-bond acceptors (Lipinski definition) is 5. The van der Waals surface area contributed by atoms with Crippen LogP contribution < -0.4 is 0 Å². The number of nitrogens with zero attached hydrogens (tertiary/aromatic N) is 1. The molecule has 0 saturated heterocycles. The van der Waals surface area contributed by atoms with Crippen molar-refractivity contribution in [2.45, 2.75) is 13.3 Å². The fraction of sp³-hybridized carbons (Fsp3) is 0.333. The van der Waals surface area contributed by atoms with Crippen LogP contribution in [0.4, 0.5) is 0 Å². The van der Waals surface area contributed by atoms with E-state index in [1.165, 1.54) is 0 Å². The summed E-state index contributed by atoms with van der Waals surface area (Å²) >= 11 is 0. The Labute approximate surface area is 82.5 Å². The Hall–Kier alpha value is -1.62. The molecule has 0 fully saturated rings. The smallest absolute Gasteiger partial charge is 0.329 e. The molecular formula is C9H13NO4. The molecule has 0 radical (unpaired) electrons. The molecule has 78 valence electrons. The summed E-state index contributed by atoms with van der Waals surface area (Å²) in [6.45, 7) is 8.56. The average molecular weight is 199 g/mol. The van der Waals surface area contributed by atoms with Gasteiger partial charge in [-0.3, -0.25) is 0 Å². The van der Waals surface area contributed by atoms with Crippen molar-refractivity contribution in [3.8, 4) is 0 Å². The fourth-order valence-corrected chi connectivity index (χ4v) is 0.568. The number of rotatable bonds is 6. The molecule has 0 bridgehead atoms. The topological polar surface area (TPSA) is 55.8 Å². The van der Waals surface area contributed by atoms with Crippen LogP contribution in [0.3, 0.4) is 0 Å². The van der Waals surface area contributed by atoms with Gasteiger partial charge in [-0.25, -0.2) is 9.59 Å². The first-order valence-corrected chi connectivity index (χ1v) is 4.10. The van der Waals surface area contributed by atoms with E-state index in [0.717, 1.165) is 17.4 Å². The van der Waals surface area contributed by atoms with E-state index in [2.05, 4.69) is 22.8 Å². The van der Waals surface area contributed by atoms with Crippen LogP contribution in [0.5, 0.6) is 0 Å². The zero-order valence-corrected chi connectivity index (χ0v) is 8.06. The average Bonchev–Trinajstić information content (AvgIpc) is 2.17. The molecule has 0 aliphatic heterocycles. The molecule has 0 spiro atoms. The Morgan fingerprint density at radius 2 is 1.64 bits per heavy atom. The van der Waals surface area contributed by atoms with E-state index in [0.29, 0.717) is 13.0 Å². The van der Waals surface area contributed by atoms with Gasteiger partial charge in [0.05, 0.1) is 6.54 Å². The first-order valence-electron chi connectivity index (χ1n) is 4.10. The van der Waals surface area contributed by atoms with Crippen LogP contribution in [0.15, 0.2) is 25.3 Å². The number of hydroxylamine groups is 2. The zero-order valence-electron chi connectivity index (χ0n) is 8.06. The Morgan fingerprint density at radius 1 is 1.21 bits per heavy atom. The summed E-state index contributed by atoms with van der Waals surface area (Å²) in [7, 11) is 0. The lowest BCUT2D eigenvalue weighted by Crippen LogP contribution is -2.29. The molecule has 0 N–H and O–H groups in total. The SMILES string of the molecule is C=CC(=O)ON(CCC)OC(=O)C=C. The molecule has 0 aliphatic rings. The maximum Gasteiger partial charge on any atom is 0.352 e. The highest BCUT2D eigenvalue weighted by atomic mass is 17.0. The summed E-state index contributed by atoms with van der Waals surface area (Å²) in [5.41, 5.74) is 0. The van der Waals surface area contributed by atoms with Gasteiger partial charge in [-0.2, -0.15) is 0 Å². The van der Waals surface area contributed by atoms with Crippen molar-refractivity contribution in [2.24, 2.45) is 0 Å². The van der Waals surface area contributed by atoms with Gasteiger partial charge >= 0.3 is 11.9 Å². The minimum absolute atomic E-state index is 0.291. The predicted molar refractivity (Wildman–Crippen MR) is 49.6 cm³/mol. The Kier molecular flexibility index (Phi) is 6.06.